The molecule has 0 aliphatic rings. The Bertz CT molecular complexity index is 1090. The lowest BCUT2D eigenvalue weighted by atomic mass is 10.1. The van der Waals surface area contributed by atoms with Gasteiger partial charge in [-0.3, -0.25) is 4.68 Å². The van der Waals surface area contributed by atoms with E-state index in [0.29, 0.717) is 27.8 Å². The summed E-state index contributed by atoms with van der Waals surface area (Å²) in [4.78, 5) is 13.2. The second kappa shape index (κ2) is 7.03. The molecule has 0 fully saturated rings. The van der Waals surface area contributed by atoms with Crippen LogP contribution in [0, 0.1) is 12.7 Å². The predicted octanol–water partition coefficient (Wildman–Crippen LogP) is 4.06. The van der Waals surface area contributed by atoms with Gasteiger partial charge in [0.1, 0.15) is 11.0 Å². The first-order chi connectivity index (χ1) is 12.6. The molecule has 1 aromatic carbocycles. The molecule has 0 spiro atoms. The van der Waals surface area contributed by atoms with Gasteiger partial charge >= 0.3 is 0 Å². The van der Waals surface area contributed by atoms with Crippen LogP contribution >= 0.6 is 0 Å². The fourth-order valence-corrected chi connectivity index (χ4v) is 2.75. The Morgan fingerprint density at radius 2 is 1.88 bits per heavy atom. The molecule has 0 radical (unpaired) electrons. The van der Waals surface area contributed by atoms with Gasteiger partial charge in [-0.15, -0.1) is 0 Å². The fourth-order valence-electron chi connectivity index (χ4n) is 2.75. The summed E-state index contributed by atoms with van der Waals surface area (Å²) in [5, 5.41) is 4.79. The van der Waals surface area contributed by atoms with Gasteiger partial charge < -0.3 is 4.74 Å². The molecule has 134 valence electrons. The minimum absolute atomic E-state index is 0.0839. The third-order valence-electron chi connectivity index (χ3n) is 3.83. The van der Waals surface area contributed by atoms with Crippen LogP contribution in [0.4, 0.5) is 4.39 Å². The molecule has 3 heterocycles. The highest BCUT2D eigenvalue weighted by Gasteiger charge is 2.20. The fraction of sp³-hybridized carbons (Fsp3) is 0.263. The average Bonchev–Trinajstić information content (AvgIpc) is 3.03. The lowest BCUT2D eigenvalue weighted by Gasteiger charge is -2.09. The lowest BCUT2D eigenvalue weighted by molar-refractivity contribution is 0.390. The Morgan fingerprint density at radius 1 is 1.12 bits per heavy atom. The number of benzene rings is 1. The number of ether oxygens (including phenoxy) is 1. The number of methoxy groups -OCH3 is 1. The molecule has 0 aliphatic heterocycles. The molecule has 0 aliphatic carbocycles. The van der Waals surface area contributed by atoms with Crippen LogP contribution in [0.1, 0.15) is 19.5 Å². The summed E-state index contributed by atoms with van der Waals surface area (Å²) in [5.41, 5.74) is 3.02. The number of hydrogen-bond acceptors (Lipinski definition) is 5. The summed E-state index contributed by atoms with van der Waals surface area (Å²) in [6.45, 7) is 5.90. The van der Waals surface area contributed by atoms with E-state index in [1.807, 2.05) is 32.9 Å². The van der Waals surface area contributed by atoms with Crippen molar-refractivity contribution in [3.63, 3.8) is 0 Å². The number of halogens is 1. The minimum atomic E-state index is -0.517. The Hall–Kier alpha value is -3.09. The van der Waals surface area contributed by atoms with Crippen LogP contribution in [-0.4, -0.2) is 31.8 Å². The average molecular weight is 353 g/mol. The van der Waals surface area contributed by atoms with Gasteiger partial charge in [0.15, 0.2) is 17.4 Å². The van der Waals surface area contributed by atoms with E-state index in [2.05, 4.69) is 20.1 Å². The number of fused-ring (bicyclic) bond motifs is 2. The third-order valence-corrected chi connectivity index (χ3v) is 3.83. The molecule has 0 unspecified atom stereocenters. The normalized spacial score (nSPS) is 10.7. The molecule has 4 aromatic rings. The highest BCUT2D eigenvalue weighted by atomic mass is 19.1. The summed E-state index contributed by atoms with van der Waals surface area (Å²) in [7, 11) is 3.16. The first kappa shape index (κ1) is 17.7. The van der Waals surface area contributed by atoms with Gasteiger partial charge in [-0.1, -0.05) is 13.8 Å². The van der Waals surface area contributed by atoms with Crippen molar-refractivity contribution in [2.45, 2.75) is 20.8 Å². The SMILES string of the molecule is CC.COc1c(-c2ncc3nc(C)ccc3n2)cc2cn(C)nc2c1F. The first-order valence-corrected chi connectivity index (χ1v) is 8.37. The zero-order valence-corrected chi connectivity index (χ0v) is 15.4. The Balaban J connectivity index is 0.000000948. The largest absolute Gasteiger partial charge is 0.493 e. The monoisotopic (exact) mass is 353 g/mol. The van der Waals surface area contributed by atoms with Gasteiger partial charge in [0.25, 0.3) is 0 Å². The van der Waals surface area contributed by atoms with E-state index in [-0.39, 0.29) is 11.3 Å². The van der Waals surface area contributed by atoms with E-state index in [4.69, 9.17) is 4.74 Å². The minimum Gasteiger partial charge on any atom is -0.493 e. The highest BCUT2D eigenvalue weighted by molar-refractivity contribution is 5.88. The molecule has 0 bridgehead atoms. The smallest absolute Gasteiger partial charge is 0.193 e. The number of aryl methyl sites for hydroxylation is 2. The van der Waals surface area contributed by atoms with E-state index in [0.717, 1.165) is 5.69 Å². The molecule has 7 heteroatoms. The lowest BCUT2D eigenvalue weighted by Crippen LogP contribution is -1.98. The second-order valence-electron chi connectivity index (χ2n) is 5.56. The summed E-state index contributed by atoms with van der Waals surface area (Å²) < 4.78 is 21.5. The molecule has 0 atom stereocenters. The predicted molar refractivity (Wildman–Crippen MR) is 99.6 cm³/mol. The van der Waals surface area contributed by atoms with Crippen molar-refractivity contribution in [3.05, 3.63) is 42.1 Å². The molecule has 0 saturated carbocycles. The van der Waals surface area contributed by atoms with Gasteiger partial charge in [-0.05, 0) is 25.1 Å². The van der Waals surface area contributed by atoms with Gasteiger partial charge in [0, 0.05) is 24.3 Å². The first-order valence-electron chi connectivity index (χ1n) is 8.37. The molecular formula is C19H20FN5O. The Labute approximate surface area is 150 Å². The van der Waals surface area contributed by atoms with E-state index in [1.165, 1.54) is 7.11 Å². The van der Waals surface area contributed by atoms with E-state index >= 15 is 0 Å². The van der Waals surface area contributed by atoms with Crippen molar-refractivity contribution in [3.8, 4) is 17.1 Å². The Kier molecular flexibility index (Phi) is 4.79. The summed E-state index contributed by atoms with van der Waals surface area (Å²) in [5.74, 6) is -0.0494. The third kappa shape index (κ3) is 2.96. The number of nitrogens with zero attached hydrogens (tertiary/aromatic N) is 5. The van der Waals surface area contributed by atoms with Gasteiger partial charge in [-0.2, -0.15) is 5.10 Å². The van der Waals surface area contributed by atoms with Crippen molar-refractivity contribution in [2.24, 2.45) is 7.05 Å². The van der Waals surface area contributed by atoms with Gasteiger partial charge in [0.05, 0.1) is 24.4 Å². The van der Waals surface area contributed by atoms with Gasteiger partial charge in [-0.25, -0.2) is 19.3 Å². The Morgan fingerprint density at radius 3 is 2.62 bits per heavy atom. The van der Waals surface area contributed by atoms with Crippen molar-refractivity contribution < 1.29 is 9.13 Å². The molecule has 0 saturated heterocycles. The van der Waals surface area contributed by atoms with Crippen molar-refractivity contribution in [2.75, 3.05) is 7.11 Å². The standard InChI is InChI=1S/C17H14FN5O.C2H6/c1-9-4-5-12-13(20-9)7-19-17(21-12)11-6-10-8-23(2)22-15(10)14(18)16(11)24-3;1-2/h4-8H,1-3H3;1-2H3. The quantitative estimate of drug-likeness (QED) is 0.544. The van der Waals surface area contributed by atoms with Crippen LogP contribution in [0.5, 0.6) is 5.75 Å². The van der Waals surface area contributed by atoms with E-state index < -0.39 is 5.82 Å². The van der Waals surface area contributed by atoms with Crippen molar-refractivity contribution in [1.29, 1.82) is 0 Å². The number of aromatic nitrogens is 5. The molecule has 4 rings (SSSR count). The summed E-state index contributed by atoms with van der Waals surface area (Å²) in [6.07, 6.45) is 3.38. The zero-order chi connectivity index (χ0) is 18.8. The maximum Gasteiger partial charge on any atom is 0.193 e. The van der Waals surface area contributed by atoms with E-state index in [9.17, 15) is 4.39 Å². The van der Waals surface area contributed by atoms with Crippen LogP contribution < -0.4 is 4.74 Å². The summed E-state index contributed by atoms with van der Waals surface area (Å²) in [6, 6.07) is 5.53. The van der Waals surface area contributed by atoms with Crippen LogP contribution in [0.2, 0.25) is 0 Å². The number of pyridine rings is 1. The van der Waals surface area contributed by atoms with Crippen LogP contribution in [0.15, 0.2) is 30.6 Å². The highest BCUT2D eigenvalue weighted by Crippen LogP contribution is 2.35. The molecule has 0 N–H and O–H groups in total. The van der Waals surface area contributed by atoms with Crippen molar-refractivity contribution >= 4 is 21.9 Å². The molecule has 0 amide bonds. The summed E-state index contributed by atoms with van der Waals surface area (Å²) >= 11 is 0. The molecule has 26 heavy (non-hydrogen) atoms. The topological polar surface area (TPSA) is 65.7 Å². The van der Waals surface area contributed by atoms with Crippen molar-refractivity contribution in [1.82, 2.24) is 24.7 Å². The van der Waals surface area contributed by atoms with Gasteiger partial charge in [0.2, 0.25) is 0 Å². The maximum atomic E-state index is 14.7. The zero-order valence-electron chi connectivity index (χ0n) is 15.4. The maximum absolute atomic E-state index is 14.7. The van der Waals surface area contributed by atoms with Crippen LogP contribution in [0.25, 0.3) is 33.3 Å². The van der Waals surface area contributed by atoms with Crippen LogP contribution in [0.3, 0.4) is 0 Å². The van der Waals surface area contributed by atoms with Crippen LogP contribution in [-0.2, 0) is 7.05 Å². The van der Waals surface area contributed by atoms with E-state index in [1.54, 1.807) is 30.2 Å². The second-order valence-corrected chi connectivity index (χ2v) is 5.56. The molecule has 3 aromatic heterocycles. The molecule has 6 nitrogen and oxygen atoms in total. The number of rotatable bonds is 2. The molecular weight excluding hydrogens is 333 g/mol. The number of hydrogen-bond donors (Lipinski definition) is 0.